The smallest absolute Gasteiger partial charge is 0.410 e. The first kappa shape index (κ1) is 21.6. The number of anilines is 1. The number of carbonyl (C=O) groups is 1. The van der Waals surface area contributed by atoms with Gasteiger partial charge in [-0.3, -0.25) is 4.90 Å². The molecule has 2 saturated heterocycles. The molecule has 29 heavy (non-hydrogen) atoms. The lowest BCUT2D eigenvalue weighted by Crippen LogP contribution is -2.49. The van der Waals surface area contributed by atoms with Gasteiger partial charge in [0.1, 0.15) is 11.4 Å². The second-order valence-electron chi connectivity index (χ2n) is 9.11. The van der Waals surface area contributed by atoms with Crippen LogP contribution in [0.5, 0.6) is 0 Å². The number of rotatable bonds is 4. The first-order valence-corrected chi connectivity index (χ1v) is 10.6. The van der Waals surface area contributed by atoms with Crippen molar-refractivity contribution in [3.05, 3.63) is 36.2 Å². The van der Waals surface area contributed by atoms with Crippen LogP contribution in [0.1, 0.15) is 39.2 Å². The Kier molecular flexibility index (Phi) is 6.83. The fourth-order valence-electron chi connectivity index (χ4n) is 4.06. The van der Waals surface area contributed by atoms with E-state index in [1.165, 1.54) is 0 Å². The van der Waals surface area contributed by atoms with E-state index in [0.29, 0.717) is 11.5 Å². The van der Waals surface area contributed by atoms with Crippen molar-refractivity contribution in [2.75, 3.05) is 50.7 Å². The van der Waals surface area contributed by atoms with E-state index in [1.54, 1.807) is 18.2 Å². The molecule has 0 saturated carbocycles. The van der Waals surface area contributed by atoms with Crippen molar-refractivity contribution in [3.63, 3.8) is 0 Å². The maximum absolute atomic E-state index is 14.0. The van der Waals surface area contributed by atoms with Crippen LogP contribution in [0.15, 0.2) is 24.8 Å². The lowest BCUT2D eigenvalue weighted by Gasteiger charge is -2.39. The van der Waals surface area contributed by atoms with Gasteiger partial charge in [-0.2, -0.15) is 0 Å². The molecule has 1 amide bonds. The number of hydrogen-bond donors (Lipinski definition) is 0. The fourth-order valence-corrected chi connectivity index (χ4v) is 4.06. The zero-order chi connectivity index (χ0) is 21.0. The number of benzene rings is 1. The summed E-state index contributed by atoms with van der Waals surface area (Å²) in [5.41, 5.74) is 1.05. The van der Waals surface area contributed by atoms with E-state index in [4.69, 9.17) is 4.74 Å². The summed E-state index contributed by atoms with van der Waals surface area (Å²) in [6, 6.07) is 5.38. The van der Waals surface area contributed by atoms with Gasteiger partial charge in [0.2, 0.25) is 0 Å². The van der Waals surface area contributed by atoms with Gasteiger partial charge in [0.15, 0.2) is 0 Å². The fraction of sp³-hybridized carbons (Fsp3) is 0.609. The summed E-state index contributed by atoms with van der Waals surface area (Å²) < 4.78 is 19.5. The van der Waals surface area contributed by atoms with Crippen LogP contribution >= 0.6 is 0 Å². The number of piperidine rings is 1. The molecule has 0 N–H and O–H groups in total. The predicted octanol–water partition coefficient (Wildman–Crippen LogP) is 4.24. The van der Waals surface area contributed by atoms with Crippen molar-refractivity contribution in [2.45, 2.75) is 39.2 Å². The number of nitrogens with zero attached hydrogens (tertiary/aromatic N) is 3. The molecule has 2 heterocycles. The quantitative estimate of drug-likeness (QED) is 0.754. The molecule has 2 aliphatic heterocycles. The molecule has 1 aromatic rings. The number of ether oxygens (including phenoxy) is 1. The van der Waals surface area contributed by atoms with Crippen LogP contribution in [0.4, 0.5) is 14.9 Å². The Hall–Kier alpha value is -2.08. The number of carbonyl (C=O) groups excluding carboxylic acids is 1. The topological polar surface area (TPSA) is 36.0 Å². The second kappa shape index (κ2) is 9.16. The number of likely N-dealkylation sites (tertiary alicyclic amines) is 1. The van der Waals surface area contributed by atoms with Gasteiger partial charge < -0.3 is 14.5 Å². The maximum atomic E-state index is 14.0. The van der Waals surface area contributed by atoms with Gasteiger partial charge in [-0.1, -0.05) is 18.7 Å². The summed E-state index contributed by atoms with van der Waals surface area (Å²) in [7, 11) is 0. The minimum atomic E-state index is -0.442. The number of halogens is 1. The number of amides is 1. The van der Waals surface area contributed by atoms with Gasteiger partial charge in [-0.25, -0.2) is 9.18 Å². The molecule has 3 rings (SSSR count). The van der Waals surface area contributed by atoms with Gasteiger partial charge in [-0.05, 0) is 51.7 Å². The molecule has 2 fully saturated rings. The van der Waals surface area contributed by atoms with Crippen molar-refractivity contribution in [1.82, 2.24) is 9.80 Å². The summed E-state index contributed by atoms with van der Waals surface area (Å²) in [5.74, 6) is 0.404. The zero-order valence-electron chi connectivity index (χ0n) is 18.0. The predicted molar refractivity (Wildman–Crippen MR) is 116 cm³/mol. The molecule has 5 nitrogen and oxygen atoms in total. The number of piperazine rings is 1. The molecule has 2 aliphatic rings. The van der Waals surface area contributed by atoms with E-state index in [-0.39, 0.29) is 11.9 Å². The largest absolute Gasteiger partial charge is 0.444 e. The molecule has 0 aliphatic carbocycles. The van der Waals surface area contributed by atoms with Crippen LogP contribution in [0.2, 0.25) is 0 Å². The van der Waals surface area contributed by atoms with Crippen molar-refractivity contribution in [1.29, 1.82) is 0 Å². The average molecular weight is 404 g/mol. The van der Waals surface area contributed by atoms with Crippen LogP contribution in [0.25, 0.3) is 6.08 Å². The minimum absolute atomic E-state index is 0.195. The average Bonchev–Trinajstić information content (AvgIpc) is 2.68. The van der Waals surface area contributed by atoms with Crippen LogP contribution in [0, 0.1) is 11.7 Å². The number of hydrogen-bond acceptors (Lipinski definition) is 4. The van der Waals surface area contributed by atoms with Gasteiger partial charge in [0.25, 0.3) is 0 Å². The zero-order valence-corrected chi connectivity index (χ0v) is 18.0. The SMILES string of the molecule is C=Cc1ccc(N2CCN(CC3CCN(C(=O)OC(C)(C)C)CC3)CC2)cc1F. The molecule has 0 atom stereocenters. The lowest BCUT2D eigenvalue weighted by molar-refractivity contribution is 0.0169. The van der Waals surface area contributed by atoms with Crippen molar-refractivity contribution in [2.24, 2.45) is 5.92 Å². The molecule has 6 heteroatoms. The highest BCUT2D eigenvalue weighted by molar-refractivity contribution is 5.68. The molecule has 0 radical (unpaired) electrons. The Labute approximate surface area is 174 Å². The highest BCUT2D eigenvalue weighted by Gasteiger charge is 2.28. The highest BCUT2D eigenvalue weighted by Crippen LogP contribution is 2.23. The monoisotopic (exact) mass is 403 g/mol. The Morgan fingerprint density at radius 1 is 1.17 bits per heavy atom. The van der Waals surface area contributed by atoms with E-state index in [0.717, 1.165) is 64.3 Å². The maximum Gasteiger partial charge on any atom is 0.410 e. The third kappa shape index (κ3) is 5.95. The van der Waals surface area contributed by atoms with E-state index in [9.17, 15) is 9.18 Å². The standard InChI is InChI=1S/C23H34FN3O2/c1-5-19-6-7-20(16-21(19)24)26-14-12-25(13-15-26)17-18-8-10-27(11-9-18)22(28)29-23(2,3)4/h5-7,16,18H,1,8-15,17H2,2-4H3. The van der Waals surface area contributed by atoms with Crippen molar-refractivity contribution >= 4 is 17.9 Å². The van der Waals surface area contributed by atoms with E-state index >= 15 is 0 Å². The minimum Gasteiger partial charge on any atom is -0.444 e. The Balaban J connectivity index is 1.42. The van der Waals surface area contributed by atoms with E-state index < -0.39 is 5.60 Å². The normalized spacial score (nSPS) is 19.3. The second-order valence-corrected chi connectivity index (χ2v) is 9.11. The van der Waals surface area contributed by atoms with E-state index in [2.05, 4.69) is 16.4 Å². The van der Waals surface area contributed by atoms with Crippen molar-refractivity contribution in [3.8, 4) is 0 Å². The summed E-state index contributed by atoms with van der Waals surface area (Å²) in [5, 5.41) is 0. The van der Waals surface area contributed by atoms with Crippen LogP contribution in [-0.2, 0) is 4.74 Å². The molecule has 0 spiro atoms. The Bertz CT molecular complexity index is 715. The third-order valence-electron chi connectivity index (χ3n) is 5.72. The Morgan fingerprint density at radius 2 is 1.83 bits per heavy atom. The summed E-state index contributed by atoms with van der Waals surface area (Å²) in [4.78, 5) is 18.8. The molecular weight excluding hydrogens is 369 g/mol. The van der Waals surface area contributed by atoms with Gasteiger partial charge in [0.05, 0.1) is 0 Å². The van der Waals surface area contributed by atoms with Gasteiger partial charge >= 0.3 is 6.09 Å². The summed E-state index contributed by atoms with van der Waals surface area (Å²) in [6.45, 7) is 15.7. The van der Waals surface area contributed by atoms with Gasteiger partial charge in [-0.15, -0.1) is 0 Å². The molecule has 1 aromatic carbocycles. The highest BCUT2D eigenvalue weighted by atomic mass is 19.1. The molecule has 160 valence electrons. The van der Waals surface area contributed by atoms with Crippen LogP contribution in [0.3, 0.4) is 0 Å². The summed E-state index contributed by atoms with van der Waals surface area (Å²) in [6.07, 6.45) is 3.39. The third-order valence-corrected chi connectivity index (χ3v) is 5.72. The Morgan fingerprint density at radius 3 is 2.38 bits per heavy atom. The van der Waals surface area contributed by atoms with E-state index in [1.807, 2.05) is 31.7 Å². The first-order valence-electron chi connectivity index (χ1n) is 10.6. The molecule has 0 bridgehead atoms. The van der Waals surface area contributed by atoms with Crippen LogP contribution in [-0.4, -0.2) is 67.3 Å². The van der Waals surface area contributed by atoms with Crippen LogP contribution < -0.4 is 4.90 Å². The first-order chi connectivity index (χ1) is 13.7. The molecule has 0 aromatic heterocycles. The van der Waals surface area contributed by atoms with Crippen molar-refractivity contribution < 1.29 is 13.9 Å². The molecular formula is C23H34FN3O2. The molecule has 0 unspecified atom stereocenters. The van der Waals surface area contributed by atoms with Gasteiger partial charge in [0, 0.05) is 57.1 Å². The lowest BCUT2D eigenvalue weighted by atomic mass is 9.96. The summed E-state index contributed by atoms with van der Waals surface area (Å²) >= 11 is 0.